The van der Waals surface area contributed by atoms with Crippen molar-refractivity contribution in [1.29, 1.82) is 0 Å². The number of ketones is 1. The summed E-state index contributed by atoms with van der Waals surface area (Å²) < 4.78 is 4.25. The molecule has 5 nitrogen and oxygen atoms in total. The Morgan fingerprint density at radius 1 is 1.33 bits per heavy atom. The lowest BCUT2D eigenvalue weighted by Gasteiger charge is -2.17. The summed E-state index contributed by atoms with van der Waals surface area (Å²) in [6, 6.07) is 0.235. The summed E-state index contributed by atoms with van der Waals surface area (Å²) in [7, 11) is 5.30. The molecule has 0 aromatic carbocycles. The van der Waals surface area contributed by atoms with Gasteiger partial charge in [0.05, 0.1) is 0 Å². The maximum Gasteiger partial charge on any atom is 0.233 e. The van der Waals surface area contributed by atoms with E-state index in [1.807, 2.05) is 7.05 Å². The molecule has 2 rings (SSSR count). The van der Waals surface area contributed by atoms with E-state index >= 15 is 0 Å². The highest BCUT2D eigenvalue weighted by Gasteiger charge is 2.54. The largest absolute Gasteiger partial charge is 0.388 e. The fourth-order valence-electron chi connectivity index (χ4n) is 2.24. The standard InChI is InChI=1S/C11H18N2O2.C2H6O/c1-8(14)11(4-5-11)10(15)12-9-3-6-13(2)7-9;1-3-2/h9H,3-7H2,1-2H3,(H,12,15);1-2H3/t9-;/m1./s1. The molecular weight excluding hydrogens is 232 g/mol. The molecule has 1 heterocycles. The summed E-state index contributed by atoms with van der Waals surface area (Å²) in [5.41, 5.74) is -0.652. The predicted octanol–water partition coefficient (Wildman–Crippen LogP) is 0.438. The van der Waals surface area contributed by atoms with Crippen molar-refractivity contribution in [3.8, 4) is 0 Å². The van der Waals surface area contributed by atoms with Crippen LogP contribution in [0.2, 0.25) is 0 Å². The highest BCUT2D eigenvalue weighted by molar-refractivity contribution is 6.07. The average Bonchev–Trinajstić information content (AvgIpc) is 3.01. The molecule has 1 amide bonds. The minimum Gasteiger partial charge on any atom is -0.388 e. The molecule has 0 radical (unpaired) electrons. The van der Waals surface area contributed by atoms with Crippen LogP contribution in [-0.2, 0) is 14.3 Å². The number of hydrogen-bond acceptors (Lipinski definition) is 4. The second-order valence-corrected chi connectivity index (χ2v) is 5.27. The Kier molecular flexibility index (Phi) is 5.28. The van der Waals surface area contributed by atoms with Crippen LogP contribution in [0, 0.1) is 5.41 Å². The molecule has 2 fully saturated rings. The van der Waals surface area contributed by atoms with Crippen molar-refractivity contribution in [2.75, 3.05) is 34.4 Å². The number of carbonyl (C=O) groups excluding carboxylic acids is 2. The van der Waals surface area contributed by atoms with Crippen LogP contribution >= 0.6 is 0 Å². The number of carbonyl (C=O) groups is 2. The molecule has 104 valence electrons. The summed E-state index contributed by atoms with van der Waals surface area (Å²) in [6.45, 7) is 3.45. The van der Waals surface area contributed by atoms with E-state index in [9.17, 15) is 9.59 Å². The quantitative estimate of drug-likeness (QED) is 0.744. The fraction of sp³-hybridized carbons (Fsp3) is 0.846. The molecule has 1 aliphatic heterocycles. The van der Waals surface area contributed by atoms with Gasteiger partial charge in [-0.1, -0.05) is 0 Å². The molecular formula is C13H24N2O3. The van der Waals surface area contributed by atoms with Crippen LogP contribution in [-0.4, -0.2) is 57.0 Å². The lowest BCUT2D eigenvalue weighted by molar-refractivity contribution is -0.135. The van der Waals surface area contributed by atoms with E-state index in [1.165, 1.54) is 6.92 Å². The number of likely N-dealkylation sites (N-methyl/N-ethyl adjacent to an activating group) is 1. The Hall–Kier alpha value is -0.940. The Morgan fingerprint density at radius 2 is 1.89 bits per heavy atom. The van der Waals surface area contributed by atoms with Gasteiger partial charge in [0, 0.05) is 26.8 Å². The molecule has 2 aliphatic rings. The second-order valence-electron chi connectivity index (χ2n) is 5.27. The van der Waals surface area contributed by atoms with Crippen LogP contribution in [0.4, 0.5) is 0 Å². The van der Waals surface area contributed by atoms with Crippen molar-refractivity contribution in [3.05, 3.63) is 0 Å². The zero-order chi connectivity index (χ0) is 13.8. The van der Waals surface area contributed by atoms with Gasteiger partial charge in [-0.05, 0) is 39.8 Å². The van der Waals surface area contributed by atoms with Gasteiger partial charge in [-0.3, -0.25) is 9.59 Å². The number of hydrogen-bond donors (Lipinski definition) is 1. The van der Waals surface area contributed by atoms with Crippen LogP contribution in [0.15, 0.2) is 0 Å². The predicted molar refractivity (Wildman–Crippen MR) is 69.3 cm³/mol. The Bertz CT molecular complexity index is 313. The van der Waals surface area contributed by atoms with Crippen molar-refractivity contribution in [2.24, 2.45) is 5.41 Å². The first-order valence-corrected chi connectivity index (χ1v) is 6.37. The minimum absolute atomic E-state index is 0.0198. The lowest BCUT2D eigenvalue weighted by atomic mass is 10.0. The SMILES string of the molecule is CC(=O)C1(C(=O)N[C@@H]2CCN(C)C2)CC1.COC. The van der Waals surface area contributed by atoms with Gasteiger partial charge < -0.3 is 15.0 Å². The summed E-state index contributed by atoms with van der Waals surface area (Å²) in [4.78, 5) is 25.4. The number of methoxy groups -OCH3 is 1. The van der Waals surface area contributed by atoms with Gasteiger partial charge in [0.25, 0.3) is 0 Å². The van der Waals surface area contributed by atoms with E-state index in [-0.39, 0.29) is 17.7 Å². The van der Waals surface area contributed by atoms with Crippen LogP contribution in [0.3, 0.4) is 0 Å². The summed E-state index contributed by atoms with van der Waals surface area (Å²) >= 11 is 0. The normalized spacial score (nSPS) is 25.0. The van der Waals surface area contributed by atoms with Crippen molar-refractivity contribution < 1.29 is 14.3 Å². The van der Waals surface area contributed by atoms with Gasteiger partial charge in [-0.15, -0.1) is 0 Å². The Balaban J connectivity index is 0.000000492. The van der Waals surface area contributed by atoms with E-state index < -0.39 is 5.41 Å². The number of nitrogens with zero attached hydrogens (tertiary/aromatic N) is 1. The van der Waals surface area contributed by atoms with E-state index in [0.717, 1.165) is 32.4 Å². The first-order chi connectivity index (χ1) is 8.46. The third-order valence-electron chi connectivity index (χ3n) is 3.59. The third kappa shape index (κ3) is 3.53. The summed E-state index contributed by atoms with van der Waals surface area (Å²) in [5, 5.41) is 2.99. The first-order valence-electron chi connectivity index (χ1n) is 6.37. The third-order valence-corrected chi connectivity index (χ3v) is 3.59. The molecule has 18 heavy (non-hydrogen) atoms. The number of likely N-dealkylation sites (tertiary alicyclic amines) is 1. The van der Waals surface area contributed by atoms with E-state index in [0.29, 0.717) is 0 Å². The smallest absolute Gasteiger partial charge is 0.233 e. The van der Waals surface area contributed by atoms with Gasteiger partial charge in [-0.25, -0.2) is 0 Å². The van der Waals surface area contributed by atoms with E-state index in [2.05, 4.69) is 15.0 Å². The molecule has 1 aliphatic carbocycles. The van der Waals surface area contributed by atoms with Crippen molar-refractivity contribution in [1.82, 2.24) is 10.2 Å². The number of amides is 1. The fourth-order valence-corrected chi connectivity index (χ4v) is 2.24. The molecule has 1 saturated heterocycles. The molecule has 5 heteroatoms. The number of nitrogens with one attached hydrogen (secondary N) is 1. The second kappa shape index (κ2) is 6.29. The number of Topliss-reactive ketones (excluding diaryl/α,β-unsaturated/α-hetero) is 1. The average molecular weight is 256 g/mol. The molecule has 0 spiro atoms. The minimum atomic E-state index is -0.652. The maximum absolute atomic E-state index is 11.9. The highest BCUT2D eigenvalue weighted by Crippen LogP contribution is 2.46. The molecule has 1 N–H and O–H groups in total. The molecule has 1 saturated carbocycles. The van der Waals surface area contributed by atoms with Crippen LogP contribution in [0.1, 0.15) is 26.2 Å². The molecule has 0 aromatic heterocycles. The summed E-state index contributed by atoms with van der Waals surface area (Å²) in [5.74, 6) is -0.0262. The van der Waals surface area contributed by atoms with Crippen LogP contribution in [0.5, 0.6) is 0 Å². The number of rotatable bonds is 3. The van der Waals surface area contributed by atoms with Gasteiger partial charge in [0.15, 0.2) is 0 Å². The molecule has 0 bridgehead atoms. The molecule has 0 unspecified atom stereocenters. The van der Waals surface area contributed by atoms with E-state index in [1.54, 1.807) is 14.2 Å². The van der Waals surface area contributed by atoms with Crippen molar-refractivity contribution in [2.45, 2.75) is 32.2 Å². The first kappa shape index (κ1) is 15.1. The molecule has 0 aromatic rings. The zero-order valence-electron chi connectivity index (χ0n) is 11.8. The van der Waals surface area contributed by atoms with Gasteiger partial charge >= 0.3 is 0 Å². The van der Waals surface area contributed by atoms with Gasteiger partial charge in [0.2, 0.25) is 5.91 Å². The highest BCUT2D eigenvalue weighted by atomic mass is 16.4. The van der Waals surface area contributed by atoms with Crippen molar-refractivity contribution >= 4 is 11.7 Å². The van der Waals surface area contributed by atoms with Crippen LogP contribution < -0.4 is 5.32 Å². The number of ether oxygens (including phenoxy) is 1. The summed E-state index contributed by atoms with van der Waals surface area (Å²) in [6.07, 6.45) is 2.46. The van der Waals surface area contributed by atoms with Gasteiger partial charge in [-0.2, -0.15) is 0 Å². The topological polar surface area (TPSA) is 58.6 Å². The zero-order valence-corrected chi connectivity index (χ0v) is 11.8. The van der Waals surface area contributed by atoms with E-state index in [4.69, 9.17) is 0 Å². The van der Waals surface area contributed by atoms with Crippen LogP contribution in [0.25, 0.3) is 0 Å². The molecule has 1 atom stereocenters. The van der Waals surface area contributed by atoms with Crippen molar-refractivity contribution in [3.63, 3.8) is 0 Å². The Labute approximate surface area is 109 Å². The lowest BCUT2D eigenvalue weighted by Crippen LogP contribution is -2.43. The van der Waals surface area contributed by atoms with Gasteiger partial charge in [0.1, 0.15) is 11.2 Å². The monoisotopic (exact) mass is 256 g/mol. The Morgan fingerprint density at radius 3 is 2.22 bits per heavy atom. The maximum atomic E-state index is 11.9.